The molecule has 1 aromatic rings. The summed E-state index contributed by atoms with van der Waals surface area (Å²) in [5.41, 5.74) is 5.32. The Labute approximate surface area is 103 Å². The number of carbonyl (C=O) groups is 2. The Morgan fingerprint density at radius 2 is 1.94 bits per heavy atom. The van der Waals surface area contributed by atoms with E-state index in [9.17, 15) is 9.59 Å². The van der Waals surface area contributed by atoms with Gasteiger partial charge < -0.3 is 11.1 Å². The van der Waals surface area contributed by atoms with Gasteiger partial charge in [-0.2, -0.15) is 0 Å². The lowest BCUT2D eigenvalue weighted by molar-refractivity contribution is -0.117. The van der Waals surface area contributed by atoms with Crippen LogP contribution in [0.2, 0.25) is 10.0 Å². The third kappa shape index (κ3) is 3.72. The van der Waals surface area contributed by atoms with Crippen LogP contribution in [0.4, 0.5) is 0 Å². The van der Waals surface area contributed by atoms with Crippen molar-refractivity contribution in [1.29, 1.82) is 0 Å². The molecule has 0 aliphatic heterocycles. The quantitative estimate of drug-likeness (QED) is 0.863. The molecule has 0 unspecified atom stereocenters. The zero-order chi connectivity index (χ0) is 12.1. The van der Waals surface area contributed by atoms with E-state index in [4.69, 9.17) is 28.9 Å². The lowest BCUT2D eigenvalue weighted by Gasteiger charge is -2.04. The molecule has 2 amide bonds. The first-order chi connectivity index (χ1) is 7.50. The first-order valence-corrected chi connectivity index (χ1v) is 5.28. The molecule has 0 bridgehead atoms. The Morgan fingerprint density at radius 3 is 2.50 bits per heavy atom. The van der Waals surface area contributed by atoms with Gasteiger partial charge in [-0.3, -0.25) is 9.59 Å². The minimum absolute atomic E-state index is 0.104. The molecule has 0 aliphatic rings. The minimum atomic E-state index is -0.463. The number of carbonyl (C=O) groups excluding carboxylic acids is 2. The molecular formula is C10H10Cl2N2O2. The SMILES string of the molecule is NC(=O)CCNC(=O)c1ccc(Cl)c(Cl)c1. The second-order valence-corrected chi connectivity index (χ2v) is 3.92. The van der Waals surface area contributed by atoms with Gasteiger partial charge in [0.05, 0.1) is 10.0 Å². The van der Waals surface area contributed by atoms with Gasteiger partial charge in [0.25, 0.3) is 5.91 Å². The number of hydrogen-bond acceptors (Lipinski definition) is 2. The van der Waals surface area contributed by atoms with Crippen molar-refractivity contribution in [1.82, 2.24) is 5.32 Å². The average Bonchev–Trinajstić information content (AvgIpc) is 2.21. The van der Waals surface area contributed by atoms with Crippen molar-refractivity contribution in [2.24, 2.45) is 5.73 Å². The van der Waals surface area contributed by atoms with Crippen molar-refractivity contribution in [3.05, 3.63) is 33.8 Å². The largest absolute Gasteiger partial charge is 0.370 e. The second-order valence-electron chi connectivity index (χ2n) is 3.10. The molecule has 0 spiro atoms. The number of rotatable bonds is 4. The van der Waals surface area contributed by atoms with E-state index >= 15 is 0 Å². The fourth-order valence-corrected chi connectivity index (χ4v) is 1.34. The van der Waals surface area contributed by atoms with Gasteiger partial charge in [-0.1, -0.05) is 23.2 Å². The normalized spacial score (nSPS) is 9.88. The molecule has 0 radical (unpaired) electrons. The van der Waals surface area contributed by atoms with E-state index in [0.717, 1.165) is 0 Å². The highest BCUT2D eigenvalue weighted by Gasteiger charge is 2.07. The van der Waals surface area contributed by atoms with E-state index in [1.165, 1.54) is 12.1 Å². The Kier molecular flexibility index (Phi) is 4.58. The molecule has 0 fully saturated rings. The van der Waals surface area contributed by atoms with Crippen LogP contribution in [0.1, 0.15) is 16.8 Å². The lowest BCUT2D eigenvalue weighted by atomic mass is 10.2. The van der Waals surface area contributed by atoms with Gasteiger partial charge in [-0.05, 0) is 18.2 Å². The van der Waals surface area contributed by atoms with Crippen LogP contribution < -0.4 is 11.1 Å². The number of primary amides is 1. The van der Waals surface area contributed by atoms with Crippen LogP contribution in [-0.4, -0.2) is 18.4 Å². The molecule has 0 aliphatic carbocycles. The molecule has 0 atom stereocenters. The average molecular weight is 261 g/mol. The van der Waals surface area contributed by atoms with Crippen molar-refractivity contribution in [3.63, 3.8) is 0 Å². The fraction of sp³-hybridized carbons (Fsp3) is 0.200. The Bertz CT molecular complexity index is 421. The molecule has 0 heterocycles. The zero-order valence-electron chi connectivity index (χ0n) is 8.30. The van der Waals surface area contributed by atoms with Gasteiger partial charge in [0.2, 0.25) is 5.91 Å². The van der Waals surface area contributed by atoms with E-state index in [1.807, 2.05) is 0 Å². The maximum atomic E-state index is 11.5. The molecule has 1 rings (SSSR count). The summed E-state index contributed by atoms with van der Waals surface area (Å²) >= 11 is 11.5. The fourth-order valence-electron chi connectivity index (χ4n) is 1.04. The third-order valence-corrected chi connectivity index (χ3v) is 2.58. The second kappa shape index (κ2) is 5.72. The Balaban J connectivity index is 2.59. The maximum absolute atomic E-state index is 11.5. The van der Waals surface area contributed by atoms with Gasteiger partial charge in [-0.15, -0.1) is 0 Å². The van der Waals surface area contributed by atoms with Crippen LogP contribution in [0.25, 0.3) is 0 Å². The molecule has 0 saturated carbocycles. The number of hydrogen-bond donors (Lipinski definition) is 2. The van der Waals surface area contributed by atoms with Gasteiger partial charge in [0.15, 0.2) is 0 Å². The summed E-state index contributed by atoms with van der Waals surface area (Å²) in [6.07, 6.45) is 0.104. The molecule has 16 heavy (non-hydrogen) atoms. The Morgan fingerprint density at radius 1 is 1.25 bits per heavy atom. The van der Waals surface area contributed by atoms with Crippen molar-refractivity contribution in [2.45, 2.75) is 6.42 Å². The van der Waals surface area contributed by atoms with E-state index in [-0.39, 0.29) is 18.9 Å². The molecule has 1 aromatic carbocycles. The first kappa shape index (κ1) is 12.8. The summed E-state index contributed by atoms with van der Waals surface area (Å²) in [5, 5.41) is 3.23. The van der Waals surface area contributed by atoms with Gasteiger partial charge in [0.1, 0.15) is 0 Å². The highest BCUT2D eigenvalue weighted by molar-refractivity contribution is 6.42. The van der Waals surface area contributed by atoms with Crippen molar-refractivity contribution in [2.75, 3.05) is 6.54 Å². The Hall–Kier alpha value is -1.26. The maximum Gasteiger partial charge on any atom is 0.251 e. The van der Waals surface area contributed by atoms with Gasteiger partial charge in [-0.25, -0.2) is 0 Å². The number of nitrogens with one attached hydrogen (secondary N) is 1. The predicted molar refractivity (Wildman–Crippen MR) is 62.6 cm³/mol. The molecule has 0 saturated heterocycles. The number of halogens is 2. The monoisotopic (exact) mass is 260 g/mol. The summed E-state index contributed by atoms with van der Waals surface area (Å²) in [6.45, 7) is 0.203. The van der Waals surface area contributed by atoms with Crippen molar-refractivity contribution in [3.8, 4) is 0 Å². The first-order valence-electron chi connectivity index (χ1n) is 4.52. The van der Waals surface area contributed by atoms with E-state index in [0.29, 0.717) is 15.6 Å². The number of nitrogens with two attached hydrogens (primary N) is 1. The number of amides is 2. The van der Waals surface area contributed by atoms with Crippen LogP contribution in [-0.2, 0) is 4.79 Å². The summed E-state index contributed by atoms with van der Waals surface area (Å²) in [4.78, 5) is 22.0. The van der Waals surface area contributed by atoms with Crippen LogP contribution in [0, 0.1) is 0 Å². The summed E-state index contributed by atoms with van der Waals surface area (Å²) < 4.78 is 0. The van der Waals surface area contributed by atoms with Crippen LogP contribution in [0.3, 0.4) is 0 Å². The molecule has 4 nitrogen and oxygen atoms in total. The van der Waals surface area contributed by atoms with Gasteiger partial charge >= 0.3 is 0 Å². The molecule has 6 heteroatoms. The van der Waals surface area contributed by atoms with Crippen LogP contribution >= 0.6 is 23.2 Å². The smallest absolute Gasteiger partial charge is 0.251 e. The predicted octanol–water partition coefficient (Wildman–Crippen LogP) is 1.60. The molecule has 3 N–H and O–H groups in total. The lowest BCUT2D eigenvalue weighted by Crippen LogP contribution is -2.27. The van der Waals surface area contributed by atoms with Crippen LogP contribution in [0.15, 0.2) is 18.2 Å². The summed E-state index contributed by atoms with van der Waals surface area (Å²) in [7, 11) is 0. The molecule has 0 aromatic heterocycles. The highest BCUT2D eigenvalue weighted by atomic mass is 35.5. The minimum Gasteiger partial charge on any atom is -0.370 e. The summed E-state index contributed by atoms with van der Waals surface area (Å²) in [5.74, 6) is -0.783. The summed E-state index contributed by atoms with van der Waals surface area (Å²) in [6, 6.07) is 4.55. The van der Waals surface area contributed by atoms with Gasteiger partial charge in [0, 0.05) is 18.5 Å². The highest BCUT2D eigenvalue weighted by Crippen LogP contribution is 2.22. The molecular weight excluding hydrogens is 251 g/mol. The standard InChI is InChI=1S/C10H10Cl2N2O2/c11-7-2-1-6(5-8(7)12)10(16)14-4-3-9(13)15/h1-2,5H,3-4H2,(H2,13,15)(H,14,16). The molecule has 86 valence electrons. The topological polar surface area (TPSA) is 72.2 Å². The van der Waals surface area contributed by atoms with E-state index in [1.54, 1.807) is 6.07 Å². The van der Waals surface area contributed by atoms with Crippen molar-refractivity contribution < 1.29 is 9.59 Å². The third-order valence-electron chi connectivity index (χ3n) is 1.84. The van der Waals surface area contributed by atoms with E-state index < -0.39 is 5.91 Å². The van der Waals surface area contributed by atoms with E-state index in [2.05, 4.69) is 5.32 Å². The number of benzene rings is 1. The van der Waals surface area contributed by atoms with Crippen molar-refractivity contribution >= 4 is 35.0 Å². The zero-order valence-corrected chi connectivity index (χ0v) is 9.81. The van der Waals surface area contributed by atoms with Crippen LogP contribution in [0.5, 0.6) is 0 Å².